The third kappa shape index (κ3) is 8.06. The van der Waals surface area contributed by atoms with Crippen LogP contribution in [0.5, 0.6) is 11.5 Å². The lowest BCUT2D eigenvalue weighted by molar-refractivity contribution is -0.137. The van der Waals surface area contributed by atoms with Crippen molar-refractivity contribution in [3.05, 3.63) is 54.1 Å². The van der Waals surface area contributed by atoms with Gasteiger partial charge in [0.15, 0.2) is 0 Å². The Morgan fingerprint density at radius 1 is 0.971 bits per heavy atom. The van der Waals surface area contributed by atoms with E-state index in [0.29, 0.717) is 45.8 Å². The fraction of sp³-hybridized carbons (Fsp3) is 0.417. The standard InChI is InChI=1S/C24H29F3N4O4/c1-34-18-7-9-19(10-8-18)35-16-4-11-28-23(33)31-14-12-30(13-15-31)17-22(32)29-21-6-3-2-5-20(21)24(25,26)27/h2-3,5-10H,4,11-17H2,1H3,(H,28,33)(H,29,32). The summed E-state index contributed by atoms with van der Waals surface area (Å²) in [6.45, 7) is 2.58. The number of para-hydroxylation sites is 1. The minimum Gasteiger partial charge on any atom is -0.497 e. The molecule has 0 bridgehead atoms. The maximum Gasteiger partial charge on any atom is 0.418 e. The highest BCUT2D eigenvalue weighted by Gasteiger charge is 2.33. The van der Waals surface area contributed by atoms with Gasteiger partial charge in [-0.25, -0.2) is 4.79 Å². The first-order valence-electron chi connectivity index (χ1n) is 11.2. The second-order valence-electron chi connectivity index (χ2n) is 7.96. The number of halogens is 3. The Hall–Kier alpha value is -3.47. The Balaban J connectivity index is 1.33. The predicted molar refractivity (Wildman–Crippen MR) is 125 cm³/mol. The highest BCUT2D eigenvalue weighted by atomic mass is 19.4. The number of benzene rings is 2. The fourth-order valence-corrected chi connectivity index (χ4v) is 3.58. The first-order chi connectivity index (χ1) is 16.8. The molecule has 1 aliphatic rings. The monoisotopic (exact) mass is 494 g/mol. The zero-order chi connectivity index (χ0) is 25.3. The van der Waals surface area contributed by atoms with E-state index in [1.807, 2.05) is 24.3 Å². The second-order valence-corrected chi connectivity index (χ2v) is 7.96. The Morgan fingerprint density at radius 2 is 1.63 bits per heavy atom. The lowest BCUT2D eigenvalue weighted by Crippen LogP contribution is -2.53. The lowest BCUT2D eigenvalue weighted by atomic mass is 10.1. The van der Waals surface area contributed by atoms with Crippen molar-refractivity contribution in [3.8, 4) is 11.5 Å². The molecule has 1 fully saturated rings. The van der Waals surface area contributed by atoms with Crippen LogP contribution in [0.2, 0.25) is 0 Å². The number of rotatable bonds is 9. The zero-order valence-corrected chi connectivity index (χ0v) is 19.4. The Bertz CT molecular complexity index is 977. The molecule has 2 aromatic rings. The Morgan fingerprint density at radius 3 is 2.29 bits per heavy atom. The molecule has 11 heteroatoms. The van der Waals surface area contributed by atoms with E-state index in [4.69, 9.17) is 9.47 Å². The lowest BCUT2D eigenvalue weighted by Gasteiger charge is -2.34. The van der Waals surface area contributed by atoms with E-state index in [0.717, 1.165) is 17.6 Å². The molecule has 3 amide bonds. The molecule has 35 heavy (non-hydrogen) atoms. The average Bonchev–Trinajstić information content (AvgIpc) is 2.84. The smallest absolute Gasteiger partial charge is 0.418 e. The Labute approximate surface area is 202 Å². The largest absolute Gasteiger partial charge is 0.497 e. The van der Waals surface area contributed by atoms with Crippen LogP contribution >= 0.6 is 0 Å². The van der Waals surface area contributed by atoms with Crippen LogP contribution < -0.4 is 20.1 Å². The van der Waals surface area contributed by atoms with Crippen molar-refractivity contribution in [1.82, 2.24) is 15.1 Å². The first-order valence-corrected chi connectivity index (χ1v) is 11.2. The van der Waals surface area contributed by atoms with Gasteiger partial charge in [0.2, 0.25) is 5.91 Å². The van der Waals surface area contributed by atoms with Crippen molar-refractivity contribution < 1.29 is 32.2 Å². The van der Waals surface area contributed by atoms with Crippen molar-refractivity contribution >= 4 is 17.6 Å². The summed E-state index contributed by atoms with van der Waals surface area (Å²) in [5.74, 6) is 0.938. The maximum absolute atomic E-state index is 13.1. The van der Waals surface area contributed by atoms with Crippen LogP contribution in [0.25, 0.3) is 0 Å². The van der Waals surface area contributed by atoms with Crippen molar-refractivity contribution in [2.24, 2.45) is 0 Å². The molecule has 0 aliphatic carbocycles. The molecule has 0 saturated carbocycles. The predicted octanol–water partition coefficient (Wildman–Crippen LogP) is 3.45. The quantitative estimate of drug-likeness (QED) is 0.522. The summed E-state index contributed by atoms with van der Waals surface area (Å²) in [4.78, 5) is 28.1. The highest BCUT2D eigenvalue weighted by molar-refractivity contribution is 5.93. The van der Waals surface area contributed by atoms with Gasteiger partial charge in [0.05, 0.1) is 31.5 Å². The van der Waals surface area contributed by atoms with Crippen LogP contribution in [-0.4, -0.2) is 74.7 Å². The van der Waals surface area contributed by atoms with Crippen LogP contribution in [0.3, 0.4) is 0 Å². The SMILES string of the molecule is COc1ccc(OCCCNC(=O)N2CCN(CC(=O)Nc3ccccc3C(F)(F)F)CC2)cc1. The van der Waals surface area contributed by atoms with E-state index in [-0.39, 0.29) is 18.3 Å². The van der Waals surface area contributed by atoms with E-state index < -0.39 is 17.6 Å². The van der Waals surface area contributed by atoms with Crippen LogP contribution in [0.1, 0.15) is 12.0 Å². The summed E-state index contributed by atoms with van der Waals surface area (Å²) in [7, 11) is 1.59. The van der Waals surface area contributed by atoms with E-state index in [1.165, 1.54) is 18.2 Å². The summed E-state index contributed by atoms with van der Waals surface area (Å²) in [5, 5.41) is 5.19. The minimum absolute atomic E-state index is 0.0512. The summed E-state index contributed by atoms with van der Waals surface area (Å²) < 4.78 is 50.0. The molecule has 0 aromatic heterocycles. The molecule has 190 valence electrons. The van der Waals surface area contributed by atoms with Gasteiger partial charge >= 0.3 is 12.2 Å². The minimum atomic E-state index is -4.55. The summed E-state index contributed by atoms with van der Waals surface area (Å²) in [6, 6.07) is 11.9. The third-order valence-corrected chi connectivity index (χ3v) is 5.46. The molecule has 3 rings (SSSR count). The second kappa shape index (κ2) is 12.3. The van der Waals surface area contributed by atoms with E-state index in [9.17, 15) is 22.8 Å². The number of ether oxygens (including phenoxy) is 2. The third-order valence-electron chi connectivity index (χ3n) is 5.46. The van der Waals surface area contributed by atoms with E-state index in [2.05, 4.69) is 10.6 Å². The molecule has 8 nitrogen and oxygen atoms in total. The van der Waals surface area contributed by atoms with Crippen molar-refractivity contribution in [2.75, 3.05) is 58.3 Å². The summed E-state index contributed by atoms with van der Waals surface area (Å²) >= 11 is 0. The number of amides is 3. The molecule has 0 atom stereocenters. The topological polar surface area (TPSA) is 83.1 Å². The highest BCUT2D eigenvalue weighted by Crippen LogP contribution is 2.34. The van der Waals surface area contributed by atoms with Gasteiger partial charge in [-0.3, -0.25) is 9.69 Å². The van der Waals surface area contributed by atoms with Crippen molar-refractivity contribution in [1.29, 1.82) is 0 Å². The summed E-state index contributed by atoms with van der Waals surface area (Å²) in [5.41, 5.74) is -1.15. The van der Waals surface area contributed by atoms with Crippen LogP contribution in [0.4, 0.5) is 23.7 Å². The number of hydrogen-bond acceptors (Lipinski definition) is 5. The molecule has 0 spiro atoms. The van der Waals surface area contributed by atoms with Gasteiger partial charge in [-0.05, 0) is 42.8 Å². The number of nitrogens with one attached hydrogen (secondary N) is 2. The molecule has 1 aliphatic heterocycles. The summed E-state index contributed by atoms with van der Waals surface area (Å²) in [6.07, 6.45) is -3.91. The zero-order valence-electron chi connectivity index (χ0n) is 19.4. The first kappa shape index (κ1) is 26.1. The molecule has 1 saturated heterocycles. The van der Waals surface area contributed by atoms with Gasteiger partial charge in [0, 0.05) is 32.7 Å². The fourth-order valence-electron chi connectivity index (χ4n) is 3.58. The number of anilines is 1. The average molecular weight is 495 g/mol. The van der Waals surface area contributed by atoms with Crippen molar-refractivity contribution in [2.45, 2.75) is 12.6 Å². The normalized spacial score (nSPS) is 14.3. The van der Waals surface area contributed by atoms with Gasteiger partial charge in [-0.15, -0.1) is 0 Å². The Kier molecular flexibility index (Phi) is 9.18. The van der Waals surface area contributed by atoms with Gasteiger partial charge in [-0.2, -0.15) is 13.2 Å². The molecule has 2 N–H and O–H groups in total. The van der Waals surface area contributed by atoms with E-state index >= 15 is 0 Å². The van der Waals surface area contributed by atoms with Gasteiger partial charge < -0.3 is 25.0 Å². The molecular weight excluding hydrogens is 465 g/mol. The van der Waals surface area contributed by atoms with Gasteiger partial charge in [0.1, 0.15) is 11.5 Å². The number of hydrogen-bond donors (Lipinski definition) is 2. The number of nitrogens with zero attached hydrogens (tertiary/aromatic N) is 2. The number of carbonyl (C=O) groups excluding carboxylic acids is 2. The molecule has 0 radical (unpaired) electrons. The van der Waals surface area contributed by atoms with Gasteiger partial charge in [-0.1, -0.05) is 12.1 Å². The van der Waals surface area contributed by atoms with Gasteiger partial charge in [0.25, 0.3) is 0 Å². The van der Waals surface area contributed by atoms with Crippen molar-refractivity contribution in [3.63, 3.8) is 0 Å². The van der Waals surface area contributed by atoms with E-state index in [1.54, 1.807) is 16.9 Å². The van der Waals surface area contributed by atoms with Crippen LogP contribution in [0, 0.1) is 0 Å². The number of carbonyl (C=O) groups is 2. The maximum atomic E-state index is 13.1. The number of methoxy groups -OCH3 is 1. The number of urea groups is 1. The molecular formula is C24H29F3N4O4. The molecule has 0 unspecified atom stereocenters. The molecule has 1 heterocycles. The van der Waals surface area contributed by atoms with Crippen LogP contribution in [0.15, 0.2) is 48.5 Å². The number of alkyl halides is 3. The number of piperazine rings is 1. The molecule has 2 aromatic carbocycles. The van der Waals surface area contributed by atoms with Crippen LogP contribution in [-0.2, 0) is 11.0 Å².